The largest absolute Gasteiger partial charge is 0.383 e. The zero-order valence-corrected chi connectivity index (χ0v) is 13.8. The first-order chi connectivity index (χ1) is 11.1. The van der Waals surface area contributed by atoms with Crippen molar-refractivity contribution < 1.29 is 14.3 Å². The SMILES string of the molecule is COCCN1C(=O)CC[C@@H](C(=O)NCCc2cccnc2)[C@H]1C. The predicted octanol–water partition coefficient (Wildman–Crippen LogP) is 1.01. The van der Waals surface area contributed by atoms with Crippen LogP contribution in [0.1, 0.15) is 25.3 Å². The molecule has 1 N–H and O–H groups in total. The molecule has 0 bridgehead atoms. The highest BCUT2D eigenvalue weighted by Crippen LogP contribution is 2.24. The van der Waals surface area contributed by atoms with Crippen LogP contribution in [0.25, 0.3) is 0 Å². The lowest BCUT2D eigenvalue weighted by Gasteiger charge is -2.38. The molecule has 1 saturated heterocycles. The van der Waals surface area contributed by atoms with Gasteiger partial charge in [-0.05, 0) is 31.4 Å². The highest BCUT2D eigenvalue weighted by Gasteiger charge is 2.36. The summed E-state index contributed by atoms with van der Waals surface area (Å²) in [7, 11) is 1.61. The quantitative estimate of drug-likeness (QED) is 0.814. The minimum absolute atomic E-state index is 0.0244. The van der Waals surface area contributed by atoms with Gasteiger partial charge in [0.15, 0.2) is 0 Å². The van der Waals surface area contributed by atoms with Gasteiger partial charge < -0.3 is 15.0 Å². The molecular formula is C17H25N3O3. The van der Waals surface area contributed by atoms with Gasteiger partial charge >= 0.3 is 0 Å². The van der Waals surface area contributed by atoms with E-state index in [9.17, 15) is 9.59 Å². The van der Waals surface area contributed by atoms with E-state index in [0.717, 1.165) is 12.0 Å². The molecule has 0 aromatic carbocycles. The molecule has 1 aromatic rings. The highest BCUT2D eigenvalue weighted by molar-refractivity contribution is 5.84. The molecule has 6 nitrogen and oxygen atoms in total. The number of amides is 2. The van der Waals surface area contributed by atoms with E-state index >= 15 is 0 Å². The monoisotopic (exact) mass is 319 g/mol. The first-order valence-electron chi connectivity index (χ1n) is 8.08. The number of carbonyl (C=O) groups excluding carboxylic acids is 2. The lowest BCUT2D eigenvalue weighted by atomic mass is 9.89. The Morgan fingerprint density at radius 1 is 1.52 bits per heavy atom. The van der Waals surface area contributed by atoms with Crippen LogP contribution in [0.4, 0.5) is 0 Å². The number of likely N-dealkylation sites (tertiary alicyclic amines) is 1. The summed E-state index contributed by atoms with van der Waals surface area (Å²) in [5, 5.41) is 2.99. The first kappa shape index (κ1) is 17.4. The molecule has 6 heteroatoms. The van der Waals surface area contributed by atoms with Crippen molar-refractivity contribution in [2.45, 2.75) is 32.2 Å². The molecule has 0 saturated carbocycles. The Labute approximate surface area is 137 Å². The standard InChI is InChI=1S/C17H25N3O3/c1-13-15(5-6-16(21)20(13)10-11-23-2)17(22)19-9-7-14-4-3-8-18-12-14/h3-4,8,12-13,15H,5-7,9-11H2,1-2H3,(H,19,22)/t13-,15-/m1/s1. The summed E-state index contributed by atoms with van der Waals surface area (Å²) in [6.07, 6.45) is 5.34. The zero-order chi connectivity index (χ0) is 16.7. The third-order valence-electron chi connectivity index (χ3n) is 4.37. The Hall–Kier alpha value is -1.95. The topological polar surface area (TPSA) is 71.5 Å². The molecule has 1 fully saturated rings. The number of aromatic nitrogens is 1. The van der Waals surface area contributed by atoms with Gasteiger partial charge in [0, 0.05) is 45.1 Å². The molecular weight excluding hydrogens is 294 g/mol. The van der Waals surface area contributed by atoms with E-state index in [1.165, 1.54) is 0 Å². The Balaban J connectivity index is 1.84. The van der Waals surface area contributed by atoms with Crippen LogP contribution >= 0.6 is 0 Å². The van der Waals surface area contributed by atoms with Crippen molar-refractivity contribution in [1.29, 1.82) is 0 Å². The van der Waals surface area contributed by atoms with Gasteiger partial charge in [-0.3, -0.25) is 14.6 Å². The molecule has 1 aliphatic heterocycles. The number of nitrogens with zero attached hydrogens (tertiary/aromatic N) is 2. The highest BCUT2D eigenvalue weighted by atomic mass is 16.5. The number of piperidine rings is 1. The molecule has 0 spiro atoms. The summed E-state index contributed by atoms with van der Waals surface area (Å²) >= 11 is 0. The van der Waals surface area contributed by atoms with Crippen LogP contribution in [0.2, 0.25) is 0 Å². The molecule has 0 unspecified atom stereocenters. The average molecular weight is 319 g/mol. The van der Waals surface area contributed by atoms with Gasteiger partial charge in [0.2, 0.25) is 11.8 Å². The van der Waals surface area contributed by atoms with E-state index in [1.807, 2.05) is 19.1 Å². The number of methoxy groups -OCH3 is 1. The van der Waals surface area contributed by atoms with Gasteiger partial charge in [0.1, 0.15) is 0 Å². The Bertz CT molecular complexity index is 521. The summed E-state index contributed by atoms with van der Waals surface area (Å²) in [6.45, 7) is 3.55. The number of hydrogen-bond donors (Lipinski definition) is 1. The van der Waals surface area contributed by atoms with Gasteiger partial charge in [0.05, 0.1) is 12.5 Å². The fourth-order valence-corrected chi connectivity index (χ4v) is 2.98. The fourth-order valence-electron chi connectivity index (χ4n) is 2.98. The lowest BCUT2D eigenvalue weighted by Crippen LogP contribution is -2.52. The second kappa shape index (κ2) is 8.62. The fraction of sp³-hybridized carbons (Fsp3) is 0.588. The zero-order valence-electron chi connectivity index (χ0n) is 13.8. The second-order valence-electron chi connectivity index (χ2n) is 5.87. The van der Waals surface area contributed by atoms with Crippen LogP contribution in [-0.2, 0) is 20.7 Å². The summed E-state index contributed by atoms with van der Waals surface area (Å²) in [5.74, 6) is -0.0243. The number of pyridine rings is 1. The summed E-state index contributed by atoms with van der Waals surface area (Å²) in [6, 6.07) is 3.79. The van der Waals surface area contributed by atoms with Crippen molar-refractivity contribution in [3.05, 3.63) is 30.1 Å². The van der Waals surface area contributed by atoms with Gasteiger partial charge in [0.25, 0.3) is 0 Å². The molecule has 1 aliphatic rings. The van der Waals surface area contributed by atoms with E-state index in [4.69, 9.17) is 4.74 Å². The molecule has 1 aromatic heterocycles. The van der Waals surface area contributed by atoms with E-state index in [2.05, 4.69) is 10.3 Å². The van der Waals surface area contributed by atoms with E-state index in [-0.39, 0.29) is 23.8 Å². The van der Waals surface area contributed by atoms with E-state index < -0.39 is 0 Å². The number of carbonyl (C=O) groups is 2. The van der Waals surface area contributed by atoms with Crippen LogP contribution in [-0.4, -0.2) is 54.5 Å². The molecule has 23 heavy (non-hydrogen) atoms. The molecule has 0 radical (unpaired) electrons. The normalized spacial score (nSPS) is 21.3. The van der Waals surface area contributed by atoms with E-state index in [0.29, 0.717) is 32.5 Å². The van der Waals surface area contributed by atoms with Crippen LogP contribution < -0.4 is 5.32 Å². The second-order valence-corrected chi connectivity index (χ2v) is 5.87. The first-order valence-corrected chi connectivity index (χ1v) is 8.08. The average Bonchev–Trinajstić information content (AvgIpc) is 2.55. The third-order valence-corrected chi connectivity index (χ3v) is 4.37. The Morgan fingerprint density at radius 3 is 3.04 bits per heavy atom. The maximum absolute atomic E-state index is 12.4. The number of nitrogens with one attached hydrogen (secondary N) is 1. The number of rotatable bonds is 7. The van der Waals surface area contributed by atoms with Crippen molar-refractivity contribution in [2.24, 2.45) is 5.92 Å². The van der Waals surface area contributed by atoms with Gasteiger partial charge in [-0.25, -0.2) is 0 Å². The van der Waals surface area contributed by atoms with Crippen LogP contribution in [0.5, 0.6) is 0 Å². The summed E-state index contributed by atoms with van der Waals surface area (Å²) in [5.41, 5.74) is 1.10. The van der Waals surface area contributed by atoms with Crippen molar-refractivity contribution in [1.82, 2.24) is 15.2 Å². The van der Waals surface area contributed by atoms with Crippen molar-refractivity contribution in [2.75, 3.05) is 26.8 Å². The van der Waals surface area contributed by atoms with Crippen molar-refractivity contribution >= 4 is 11.8 Å². The van der Waals surface area contributed by atoms with Gasteiger partial charge in [-0.2, -0.15) is 0 Å². The van der Waals surface area contributed by atoms with E-state index in [1.54, 1.807) is 24.4 Å². The van der Waals surface area contributed by atoms with Gasteiger partial charge in [-0.1, -0.05) is 6.07 Å². The molecule has 0 aliphatic carbocycles. The molecule has 2 rings (SSSR count). The minimum Gasteiger partial charge on any atom is -0.383 e. The molecule has 2 heterocycles. The number of ether oxygens (including phenoxy) is 1. The maximum Gasteiger partial charge on any atom is 0.225 e. The number of hydrogen-bond acceptors (Lipinski definition) is 4. The van der Waals surface area contributed by atoms with Crippen LogP contribution in [0.15, 0.2) is 24.5 Å². The maximum atomic E-state index is 12.4. The van der Waals surface area contributed by atoms with Gasteiger partial charge in [-0.15, -0.1) is 0 Å². The Kier molecular flexibility index (Phi) is 6.52. The summed E-state index contributed by atoms with van der Waals surface area (Å²) in [4.78, 5) is 30.3. The van der Waals surface area contributed by atoms with Crippen LogP contribution in [0.3, 0.4) is 0 Å². The molecule has 2 atom stereocenters. The smallest absolute Gasteiger partial charge is 0.225 e. The van der Waals surface area contributed by atoms with Crippen LogP contribution in [0, 0.1) is 5.92 Å². The van der Waals surface area contributed by atoms with Crippen molar-refractivity contribution in [3.8, 4) is 0 Å². The molecule has 126 valence electrons. The minimum atomic E-state index is -0.154. The predicted molar refractivity (Wildman–Crippen MR) is 86.7 cm³/mol. The molecule has 2 amide bonds. The Morgan fingerprint density at radius 2 is 2.35 bits per heavy atom. The third kappa shape index (κ3) is 4.76. The van der Waals surface area contributed by atoms with Crippen molar-refractivity contribution in [3.63, 3.8) is 0 Å². The lowest BCUT2D eigenvalue weighted by molar-refractivity contribution is -0.143. The summed E-state index contributed by atoms with van der Waals surface area (Å²) < 4.78 is 5.05.